The van der Waals surface area contributed by atoms with Crippen LogP contribution in [0.15, 0.2) is 54.6 Å². The molecule has 3 aromatic carbocycles. The fraction of sp³-hybridized carbons (Fsp3) is 0.0556. The molecule has 0 saturated carbocycles. The van der Waals surface area contributed by atoms with Crippen molar-refractivity contribution < 1.29 is 4.79 Å². The maximum Gasteiger partial charge on any atom is 0.195 e. The second kappa shape index (κ2) is 5.23. The van der Waals surface area contributed by atoms with Gasteiger partial charge in [-0.05, 0) is 36.1 Å². The number of aryl methyl sites for hydroxylation is 1. The minimum Gasteiger partial charge on any atom is -0.398 e. The maximum atomic E-state index is 12.8. The van der Waals surface area contributed by atoms with Crippen LogP contribution in [0.2, 0.25) is 5.02 Å². The lowest BCUT2D eigenvalue weighted by atomic mass is 9.95. The van der Waals surface area contributed by atoms with Crippen LogP contribution in [-0.4, -0.2) is 5.78 Å². The number of halogens is 1. The maximum absolute atomic E-state index is 12.8. The van der Waals surface area contributed by atoms with Crippen LogP contribution in [0.3, 0.4) is 0 Å². The molecule has 0 spiro atoms. The second-order valence-corrected chi connectivity index (χ2v) is 5.41. The molecule has 0 saturated heterocycles. The largest absolute Gasteiger partial charge is 0.398 e. The van der Waals surface area contributed by atoms with Gasteiger partial charge in [0.1, 0.15) is 0 Å². The lowest BCUT2D eigenvalue weighted by Gasteiger charge is -2.10. The van der Waals surface area contributed by atoms with Gasteiger partial charge in [0.15, 0.2) is 5.78 Å². The summed E-state index contributed by atoms with van der Waals surface area (Å²) in [4.78, 5) is 12.8. The molecule has 0 amide bonds. The highest BCUT2D eigenvalue weighted by molar-refractivity contribution is 6.36. The number of rotatable bonds is 2. The third-order valence-corrected chi connectivity index (χ3v) is 4.01. The number of fused-ring (bicyclic) bond motifs is 1. The summed E-state index contributed by atoms with van der Waals surface area (Å²) in [5, 5.41) is 2.35. The van der Waals surface area contributed by atoms with Crippen LogP contribution in [0, 0.1) is 6.92 Å². The van der Waals surface area contributed by atoms with Crippen LogP contribution in [-0.2, 0) is 0 Å². The average Bonchev–Trinajstić information content (AvgIpc) is 2.50. The Morgan fingerprint density at radius 3 is 2.38 bits per heavy atom. The van der Waals surface area contributed by atoms with Crippen LogP contribution in [0.1, 0.15) is 21.5 Å². The first-order valence-electron chi connectivity index (χ1n) is 6.66. The molecule has 0 aliphatic carbocycles. The number of nitrogen functional groups attached to an aromatic ring is 1. The molecule has 0 radical (unpaired) electrons. The number of anilines is 1. The highest BCUT2D eigenvalue weighted by Gasteiger charge is 2.16. The van der Waals surface area contributed by atoms with Gasteiger partial charge in [-0.3, -0.25) is 4.79 Å². The molecule has 0 aromatic heterocycles. The lowest BCUT2D eigenvalue weighted by molar-refractivity contribution is 0.104. The standard InChI is InChI=1S/C18H14ClNO/c1-11-5-4-8-15(17(11)20)18(21)14-9-10-16(19)13-7-3-2-6-12(13)14/h2-10H,20H2,1H3. The molecule has 0 heterocycles. The quantitative estimate of drug-likeness (QED) is 0.554. The summed E-state index contributed by atoms with van der Waals surface area (Å²) >= 11 is 6.20. The van der Waals surface area contributed by atoms with Gasteiger partial charge in [0.05, 0.1) is 0 Å². The van der Waals surface area contributed by atoms with Crippen molar-refractivity contribution in [1.82, 2.24) is 0 Å². The first kappa shape index (κ1) is 13.7. The van der Waals surface area contributed by atoms with Gasteiger partial charge in [-0.2, -0.15) is 0 Å². The summed E-state index contributed by atoms with van der Waals surface area (Å²) in [6, 6.07) is 16.6. The van der Waals surface area contributed by atoms with Gasteiger partial charge in [-0.15, -0.1) is 0 Å². The second-order valence-electron chi connectivity index (χ2n) is 5.01. The topological polar surface area (TPSA) is 43.1 Å². The van der Waals surface area contributed by atoms with Crippen molar-refractivity contribution in [1.29, 1.82) is 0 Å². The van der Waals surface area contributed by atoms with Crippen molar-refractivity contribution in [2.75, 3.05) is 5.73 Å². The molecule has 0 aliphatic heterocycles. The number of hydrogen-bond donors (Lipinski definition) is 1. The highest BCUT2D eigenvalue weighted by atomic mass is 35.5. The number of benzene rings is 3. The predicted molar refractivity (Wildman–Crippen MR) is 88.0 cm³/mol. The van der Waals surface area contributed by atoms with Crippen molar-refractivity contribution in [3.05, 3.63) is 76.3 Å². The Balaban J connectivity index is 2.23. The van der Waals surface area contributed by atoms with Crippen molar-refractivity contribution >= 4 is 33.8 Å². The Hall–Kier alpha value is -2.32. The number of para-hydroxylation sites is 1. The molecule has 0 aliphatic rings. The highest BCUT2D eigenvalue weighted by Crippen LogP contribution is 2.29. The fourth-order valence-corrected chi connectivity index (χ4v) is 2.71. The van der Waals surface area contributed by atoms with Crippen molar-refractivity contribution in [3.63, 3.8) is 0 Å². The van der Waals surface area contributed by atoms with Crippen LogP contribution >= 0.6 is 11.6 Å². The summed E-state index contributed by atoms with van der Waals surface area (Å²) in [5.41, 5.74) is 8.63. The molecular formula is C18H14ClNO. The van der Waals surface area contributed by atoms with Crippen LogP contribution < -0.4 is 5.73 Å². The van der Waals surface area contributed by atoms with Gasteiger partial charge in [-0.25, -0.2) is 0 Å². The summed E-state index contributed by atoms with van der Waals surface area (Å²) in [7, 11) is 0. The van der Waals surface area contributed by atoms with E-state index in [0.29, 0.717) is 21.8 Å². The van der Waals surface area contributed by atoms with Gasteiger partial charge in [0, 0.05) is 27.2 Å². The van der Waals surface area contributed by atoms with E-state index in [1.54, 1.807) is 18.2 Å². The number of carbonyl (C=O) groups excluding carboxylic acids is 1. The van der Waals surface area contributed by atoms with E-state index in [1.165, 1.54) is 0 Å². The van der Waals surface area contributed by atoms with E-state index in [9.17, 15) is 4.79 Å². The number of ketones is 1. The zero-order chi connectivity index (χ0) is 15.0. The molecule has 3 heteroatoms. The van der Waals surface area contributed by atoms with Crippen LogP contribution in [0.25, 0.3) is 10.8 Å². The third kappa shape index (κ3) is 2.28. The lowest BCUT2D eigenvalue weighted by Crippen LogP contribution is -2.07. The molecule has 3 rings (SSSR count). The summed E-state index contributed by atoms with van der Waals surface area (Å²) in [6.45, 7) is 1.89. The average molecular weight is 296 g/mol. The molecule has 0 atom stereocenters. The smallest absolute Gasteiger partial charge is 0.195 e. The third-order valence-electron chi connectivity index (χ3n) is 3.68. The van der Waals surface area contributed by atoms with E-state index in [0.717, 1.165) is 16.3 Å². The first-order chi connectivity index (χ1) is 10.1. The number of carbonyl (C=O) groups is 1. The summed E-state index contributed by atoms with van der Waals surface area (Å²) in [5.74, 6) is -0.0796. The van der Waals surface area contributed by atoms with Gasteiger partial charge in [0.2, 0.25) is 0 Å². The summed E-state index contributed by atoms with van der Waals surface area (Å²) < 4.78 is 0. The molecule has 21 heavy (non-hydrogen) atoms. The minimum absolute atomic E-state index is 0.0796. The monoisotopic (exact) mass is 295 g/mol. The Morgan fingerprint density at radius 1 is 0.905 bits per heavy atom. The normalized spacial score (nSPS) is 10.8. The van der Waals surface area contributed by atoms with Gasteiger partial charge >= 0.3 is 0 Å². The van der Waals surface area contributed by atoms with E-state index in [-0.39, 0.29) is 5.78 Å². The molecule has 0 fully saturated rings. The summed E-state index contributed by atoms with van der Waals surface area (Å²) in [6.07, 6.45) is 0. The van der Waals surface area contributed by atoms with Crippen LogP contribution in [0.4, 0.5) is 5.69 Å². The fourth-order valence-electron chi connectivity index (χ4n) is 2.48. The molecule has 2 N–H and O–H groups in total. The van der Waals surface area contributed by atoms with Crippen LogP contribution in [0.5, 0.6) is 0 Å². The van der Waals surface area contributed by atoms with Gasteiger partial charge in [-0.1, -0.05) is 48.0 Å². The zero-order valence-corrected chi connectivity index (χ0v) is 12.3. The predicted octanol–water partition coefficient (Wildman–Crippen LogP) is 4.61. The number of hydrogen-bond acceptors (Lipinski definition) is 2. The molecule has 0 bridgehead atoms. The van der Waals surface area contributed by atoms with Crippen molar-refractivity contribution in [2.45, 2.75) is 6.92 Å². The first-order valence-corrected chi connectivity index (χ1v) is 7.04. The number of nitrogens with two attached hydrogens (primary N) is 1. The Kier molecular flexibility index (Phi) is 3.40. The van der Waals surface area contributed by atoms with Crippen molar-refractivity contribution in [3.8, 4) is 0 Å². The SMILES string of the molecule is Cc1cccc(C(=O)c2ccc(Cl)c3ccccc23)c1N. The van der Waals surface area contributed by atoms with E-state index in [2.05, 4.69) is 0 Å². The molecule has 104 valence electrons. The van der Waals surface area contributed by atoms with Crippen molar-refractivity contribution in [2.24, 2.45) is 0 Å². The van der Waals surface area contributed by atoms with Gasteiger partial charge in [0.25, 0.3) is 0 Å². The van der Waals surface area contributed by atoms with E-state index >= 15 is 0 Å². The van der Waals surface area contributed by atoms with E-state index < -0.39 is 0 Å². The van der Waals surface area contributed by atoms with Gasteiger partial charge < -0.3 is 5.73 Å². The molecule has 2 nitrogen and oxygen atoms in total. The van der Waals surface area contributed by atoms with E-state index in [4.69, 9.17) is 17.3 Å². The Bertz CT molecular complexity index is 855. The Morgan fingerprint density at radius 2 is 1.62 bits per heavy atom. The molecular weight excluding hydrogens is 282 g/mol. The molecule has 0 unspecified atom stereocenters. The minimum atomic E-state index is -0.0796. The van der Waals surface area contributed by atoms with E-state index in [1.807, 2.05) is 43.3 Å². The zero-order valence-electron chi connectivity index (χ0n) is 11.6. The Labute approximate surface area is 128 Å². The molecule has 3 aromatic rings.